The van der Waals surface area contributed by atoms with Gasteiger partial charge in [0, 0.05) is 31.7 Å². The molecular weight excluding hydrogens is 258 g/mol. The lowest BCUT2D eigenvalue weighted by Gasteiger charge is -2.37. The van der Waals surface area contributed by atoms with Gasteiger partial charge in [-0.05, 0) is 57.7 Å². The van der Waals surface area contributed by atoms with Crippen LogP contribution in [-0.4, -0.2) is 61.7 Å². The molecule has 2 fully saturated rings. The Balaban J connectivity index is 1.90. The van der Waals surface area contributed by atoms with Crippen LogP contribution in [0.1, 0.15) is 59.3 Å². The van der Waals surface area contributed by atoms with Gasteiger partial charge in [0.25, 0.3) is 0 Å². The van der Waals surface area contributed by atoms with Crippen molar-refractivity contribution in [1.29, 1.82) is 0 Å². The van der Waals surface area contributed by atoms with Crippen molar-refractivity contribution >= 4 is 0 Å². The normalized spacial score (nSPS) is 30.3. The Morgan fingerprint density at radius 1 is 1.10 bits per heavy atom. The van der Waals surface area contributed by atoms with Crippen LogP contribution >= 0.6 is 0 Å². The summed E-state index contributed by atoms with van der Waals surface area (Å²) in [6.45, 7) is 13.3. The van der Waals surface area contributed by atoms with Crippen molar-refractivity contribution in [3.63, 3.8) is 0 Å². The molecule has 0 spiro atoms. The highest BCUT2D eigenvalue weighted by Gasteiger charge is 2.36. The van der Waals surface area contributed by atoms with Gasteiger partial charge in [0.15, 0.2) is 0 Å². The zero-order chi connectivity index (χ0) is 15.3. The van der Waals surface area contributed by atoms with Crippen molar-refractivity contribution in [3.05, 3.63) is 0 Å². The lowest BCUT2D eigenvalue weighted by atomic mass is 9.84. The summed E-state index contributed by atoms with van der Waals surface area (Å²) >= 11 is 0. The molecule has 1 N–H and O–H groups in total. The Morgan fingerprint density at radius 2 is 1.86 bits per heavy atom. The van der Waals surface area contributed by atoms with Crippen molar-refractivity contribution in [2.24, 2.45) is 5.41 Å². The van der Waals surface area contributed by atoms with E-state index in [0.29, 0.717) is 5.41 Å². The molecule has 2 aliphatic rings. The fraction of sp³-hybridized carbons (Fsp3) is 1.00. The first-order chi connectivity index (χ1) is 10.1. The molecule has 3 nitrogen and oxygen atoms in total. The fourth-order valence-electron chi connectivity index (χ4n) is 4.46. The topological polar surface area (TPSA) is 18.5 Å². The summed E-state index contributed by atoms with van der Waals surface area (Å²) in [5, 5.41) is 3.67. The van der Waals surface area contributed by atoms with Crippen molar-refractivity contribution in [1.82, 2.24) is 15.1 Å². The monoisotopic (exact) mass is 295 g/mol. The number of hydrogen-bond donors (Lipinski definition) is 1. The SMILES string of the molecule is CCCNCC(C)(CCC)CN1CCC2CCC(C1)N2C. The molecule has 21 heavy (non-hydrogen) atoms. The van der Waals surface area contributed by atoms with E-state index in [9.17, 15) is 0 Å². The van der Waals surface area contributed by atoms with Gasteiger partial charge in [0.2, 0.25) is 0 Å². The van der Waals surface area contributed by atoms with E-state index < -0.39 is 0 Å². The van der Waals surface area contributed by atoms with Crippen molar-refractivity contribution in [2.45, 2.75) is 71.4 Å². The second-order valence-corrected chi connectivity index (χ2v) is 7.81. The third kappa shape index (κ3) is 4.67. The van der Waals surface area contributed by atoms with E-state index in [-0.39, 0.29) is 0 Å². The van der Waals surface area contributed by atoms with Crippen molar-refractivity contribution < 1.29 is 0 Å². The molecule has 0 aromatic rings. The lowest BCUT2D eigenvalue weighted by molar-refractivity contribution is 0.137. The highest BCUT2D eigenvalue weighted by atomic mass is 15.3. The van der Waals surface area contributed by atoms with Gasteiger partial charge in [-0.2, -0.15) is 0 Å². The van der Waals surface area contributed by atoms with Gasteiger partial charge in [0.1, 0.15) is 0 Å². The summed E-state index contributed by atoms with van der Waals surface area (Å²) in [7, 11) is 2.35. The van der Waals surface area contributed by atoms with Crippen LogP contribution in [0.2, 0.25) is 0 Å². The van der Waals surface area contributed by atoms with Crippen LogP contribution < -0.4 is 5.32 Å². The molecule has 3 heteroatoms. The minimum absolute atomic E-state index is 0.437. The molecule has 2 aliphatic heterocycles. The van der Waals surface area contributed by atoms with Crippen LogP contribution in [0, 0.1) is 5.41 Å². The number of rotatable bonds is 8. The van der Waals surface area contributed by atoms with Crippen LogP contribution in [0.15, 0.2) is 0 Å². The maximum atomic E-state index is 3.67. The minimum atomic E-state index is 0.437. The van der Waals surface area contributed by atoms with Crippen molar-refractivity contribution in [3.8, 4) is 0 Å². The van der Waals surface area contributed by atoms with Gasteiger partial charge in [0.05, 0.1) is 0 Å². The molecule has 2 heterocycles. The Hall–Kier alpha value is -0.120. The van der Waals surface area contributed by atoms with E-state index in [2.05, 4.69) is 42.9 Å². The quantitative estimate of drug-likeness (QED) is 0.695. The van der Waals surface area contributed by atoms with Crippen LogP contribution in [0.3, 0.4) is 0 Å². The predicted molar refractivity (Wildman–Crippen MR) is 91.8 cm³/mol. The number of nitrogens with one attached hydrogen (secondary N) is 1. The second-order valence-electron chi connectivity index (χ2n) is 7.81. The van der Waals surface area contributed by atoms with E-state index in [1.165, 1.54) is 64.7 Å². The first-order valence-electron chi connectivity index (χ1n) is 9.23. The number of hydrogen-bond acceptors (Lipinski definition) is 3. The van der Waals surface area contributed by atoms with Crippen LogP contribution in [0.5, 0.6) is 0 Å². The van der Waals surface area contributed by atoms with E-state index in [1.54, 1.807) is 0 Å². The first-order valence-corrected chi connectivity index (χ1v) is 9.23. The highest BCUT2D eigenvalue weighted by molar-refractivity contribution is 4.92. The van der Waals surface area contributed by atoms with E-state index >= 15 is 0 Å². The molecule has 0 aromatic heterocycles. The van der Waals surface area contributed by atoms with Crippen LogP contribution in [-0.2, 0) is 0 Å². The predicted octanol–water partition coefficient (Wildman–Crippen LogP) is 2.96. The van der Waals surface area contributed by atoms with Gasteiger partial charge in [-0.15, -0.1) is 0 Å². The van der Waals surface area contributed by atoms with Gasteiger partial charge in [-0.3, -0.25) is 4.90 Å². The standard InChI is InChI=1S/C18H37N3/c1-5-10-18(3,14-19-11-6-2)15-21-12-9-16-7-8-17(13-21)20(16)4/h16-17,19H,5-15H2,1-4H3. The third-order valence-electron chi connectivity index (χ3n) is 5.67. The average Bonchev–Trinajstić information content (AvgIpc) is 2.68. The largest absolute Gasteiger partial charge is 0.316 e. The maximum Gasteiger partial charge on any atom is 0.0223 e. The Bertz CT molecular complexity index is 307. The molecular formula is C18H37N3. The Labute approximate surface area is 132 Å². The molecule has 0 aliphatic carbocycles. The lowest BCUT2D eigenvalue weighted by Crippen LogP contribution is -2.45. The first kappa shape index (κ1) is 17.2. The summed E-state index contributed by atoms with van der Waals surface area (Å²) in [5.41, 5.74) is 0.437. The smallest absolute Gasteiger partial charge is 0.0223 e. The van der Waals surface area contributed by atoms with E-state index in [1.807, 2.05) is 0 Å². The van der Waals surface area contributed by atoms with E-state index in [0.717, 1.165) is 18.6 Å². The maximum absolute atomic E-state index is 3.67. The molecule has 3 unspecified atom stereocenters. The van der Waals surface area contributed by atoms with Crippen LogP contribution in [0.25, 0.3) is 0 Å². The Morgan fingerprint density at radius 3 is 2.57 bits per heavy atom. The number of fused-ring (bicyclic) bond motifs is 2. The van der Waals surface area contributed by atoms with Gasteiger partial charge in [-0.25, -0.2) is 0 Å². The highest BCUT2D eigenvalue weighted by Crippen LogP contribution is 2.31. The van der Waals surface area contributed by atoms with Gasteiger partial charge in [-0.1, -0.05) is 27.2 Å². The third-order valence-corrected chi connectivity index (χ3v) is 5.67. The molecule has 0 aromatic carbocycles. The molecule has 0 radical (unpaired) electrons. The van der Waals surface area contributed by atoms with Crippen molar-refractivity contribution in [2.75, 3.05) is 39.8 Å². The second kappa shape index (κ2) is 7.94. The zero-order valence-corrected chi connectivity index (χ0v) is 14.8. The zero-order valence-electron chi connectivity index (χ0n) is 14.8. The average molecular weight is 296 g/mol. The summed E-state index contributed by atoms with van der Waals surface area (Å²) in [5.74, 6) is 0. The number of nitrogens with zero attached hydrogens (tertiary/aromatic N) is 2. The molecule has 2 rings (SSSR count). The minimum Gasteiger partial charge on any atom is -0.316 e. The molecule has 0 amide bonds. The number of likely N-dealkylation sites (N-methyl/N-ethyl adjacent to an activating group) is 1. The fourth-order valence-corrected chi connectivity index (χ4v) is 4.46. The molecule has 124 valence electrons. The Kier molecular flexibility index (Phi) is 6.51. The summed E-state index contributed by atoms with van der Waals surface area (Å²) < 4.78 is 0. The molecule has 0 saturated carbocycles. The summed E-state index contributed by atoms with van der Waals surface area (Å²) in [6.07, 6.45) is 8.09. The van der Waals surface area contributed by atoms with Gasteiger partial charge >= 0.3 is 0 Å². The molecule has 2 saturated heterocycles. The van der Waals surface area contributed by atoms with Gasteiger partial charge < -0.3 is 10.2 Å². The molecule has 2 bridgehead atoms. The van der Waals surface area contributed by atoms with E-state index in [4.69, 9.17) is 0 Å². The summed E-state index contributed by atoms with van der Waals surface area (Å²) in [6, 6.07) is 1.67. The molecule has 3 atom stereocenters. The van der Waals surface area contributed by atoms with Crippen LogP contribution in [0.4, 0.5) is 0 Å². The number of likely N-dealkylation sites (tertiary alicyclic amines) is 1. The summed E-state index contributed by atoms with van der Waals surface area (Å²) in [4.78, 5) is 5.43.